The van der Waals surface area contributed by atoms with Gasteiger partial charge in [0.05, 0.1) is 6.42 Å². The van der Waals surface area contributed by atoms with Gasteiger partial charge in [-0.05, 0) is 24.0 Å². The second-order valence-electron chi connectivity index (χ2n) is 4.06. The van der Waals surface area contributed by atoms with Crippen LogP contribution in [0.2, 0.25) is 0 Å². The SMILES string of the molecule is CSc1ccc(C(C)(CN)CC(=O)O)cc1. The molecule has 0 fully saturated rings. The third kappa shape index (κ3) is 3.00. The summed E-state index contributed by atoms with van der Waals surface area (Å²) in [5.74, 6) is -0.818. The van der Waals surface area contributed by atoms with Gasteiger partial charge in [0.2, 0.25) is 0 Å². The van der Waals surface area contributed by atoms with Gasteiger partial charge >= 0.3 is 5.97 Å². The number of rotatable bonds is 5. The van der Waals surface area contributed by atoms with Crippen molar-refractivity contribution in [3.8, 4) is 0 Å². The van der Waals surface area contributed by atoms with E-state index in [-0.39, 0.29) is 6.42 Å². The Bertz CT molecular complexity index is 364. The molecule has 1 atom stereocenters. The minimum Gasteiger partial charge on any atom is -0.481 e. The average molecular weight is 239 g/mol. The zero-order valence-corrected chi connectivity index (χ0v) is 10.4. The Kier molecular flexibility index (Phi) is 4.38. The zero-order chi connectivity index (χ0) is 12.2. The van der Waals surface area contributed by atoms with E-state index in [2.05, 4.69) is 0 Å². The van der Waals surface area contributed by atoms with Gasteiger partial charge in [-0.15, -0.1) is 11.8 Å². The molecule has 0 radical (unpaired) electrons. The molecule has 0 heterocycles. The summed E-state index contributed by atoms with van der Waals surface area (Å²) >= 11 is 1.66. The number of carboxylic acid groups (broad SMARTS) is 1. The Morgan fingerprint density at radius 3 is 2.38 bits per heavy atom. The lowest BCUT2D eigenvalue weighted by Crippen LogP contribution is -2.34. The van der Waals surface area contributed by atoms with Crippen molar-refractivity contribution >= 4 is 17.7 Å². The molecule has 1 unspecified atom stereocenters. The van der Waals surface area contributed by atoms with Crippen LogP contribution in [0.5, 0.6) is 0 Å². The summed E-state index contributed by atoms with van der Waals surface area (Å²) in [5.41, 5.74) is 6.19. The highest BCUT2D eigenvalue weighted by atomic mass is 32.2. The maximum Gasteiger partial charge on any atom is 0.304 e. The maximum absolute atomic E-state index is 10.8. The highest BCUT2D eigenvalue weighted by molar-refractivity contribution is 7.98. The number of hydrogen-bond donors (Lipinski definition) is 2. The monoisotopic (exact) mass is 239 g/mol. The molecule has 0 saturated heterocycles. The zero-order valence-electron chi connectivity index (χ0n) is 9.56. The Balaban J connectivity index is 2.98. The lowest BCUT2D eigenvalue weighted by molar-refractivity contribution is -0.138. The van der Waals surface area contributed by atoms with E-state index in [9.17, 15) is 4.79 Å². The molecule has 0 bridgehead atoms. The first-order valence-corrected chi connectivity index (χ1v) is 6.31. The van der Waals surface area contributed by atoms with E-state index in [4.69, 9.17) is 10.8 Å². The van der Waals surface area contributed by atoms with Gasteiger partial charge in [0.15, 0.2) is 0 Å². The van der Waals surface area contributed by atoms with E-state index >= 15 is 0 Å². The van der Waals surface area contributed by atoms with Gasteiger partial charge in [0, 0.05) is 16.9 Å². The molecular formula is C12H17NO2S. The fraction of sp³-hybridized carbons (Fsp3) is 0.417. The highest BCUT2D eigenvalue weighted by Crippen LogP contribution is 2.28. The molecule has 0 aliphatic rings. The van der Waals surface area contributed by atoms with Crippen LogP contribution in [0.3, 0.4) is 0 Å². The average Bonchev–Trinajstić information content (AvgIpc) is 2.28. The van der Waals surface area contributed by atoms with Gasteiger partial charge in [-0.2, -0.15) is 0 Å². The maximum atomic E-state index is 10.8. The van der Waals surface area contributed by atoms with Crippen LogP contribution >= 0.6 is 11.8 Å². The van der Waals surface area contributed by atoms with Gasteiger partial charge in [-0.25, -0.2) is 0 Å². The molecule has 1 aromatic rings. The van der Waals surface area contributed by atoms with E-state index in [1.54, 1.807) is 11.8 Å². The topological polar surface area (TPSA) is 63.3 Å². The summed E-state index contributed by atoms with van der Waals surface area (Å²) < 4.78 is 0. The number of carbonyl (C=O) groups is 1. The molecule has 88 valence electrons. The second-order valence-corrected chi connectivity index (χ2v) is 4.94. The van der Waals surface area contributed by atoms with Gasteiger partial charge in [-0.3, -0.25) is 4.79 Å². The molecule has 0 spiro atoms. The molecule has 0 aromatic heterocycles. The summed E-state index contributed by atoms with van der Waals surface area (Å²) in [7, 11) is 0. The van der Waals surface area contributed by atoms with E-state index in [1.165, 1.54) is 4.90 Å². The van der Waals surface area contributed by atoms with Crippen LogP contribution in [0, 0.1) is 0 Å². The minimum absolute atomic E-state index is 0.0577. The van der Waals surface area contributed by atoms with Crippen LogP contribution in [0.25, 0.3) is 0 Å². The molecule has 16 heavy (non-hydrogen) atoms. The third-order valence-corrected chi connectivity index (χ3v) is 3.52. The van der Waals surface area contributed by atoms with E-state index in [1.807, 2.05) is 37.4 Å². The summed E-state index contributed by atoms with van der Waals surface area (Å²) in [6, 6.07) is 7.91. The Labute approximate surface area is 100 Å². The normalized spacial score (nSPS) is 14.4. The molecule has 1 aromatic carbocycles. The predicted octanol–water partition coefficient (Wildman–Crippen LogP) is 2.10. The number of benzene rings is 1. The van der Waals surface area contributed by atoms with Crippen molar-refractivity contribution < 1.29 is 9.90 Å². The summed E-state index contributed by atoms with van der Waals surface area (Å²) in [5, 5.41) is 8.88. The first kappa shape index (κ1) is 13.1. The third-order valence-electron chi connectivity index (χ3n) is 2.78. The van der Waals surface area contributed by atoms with Crippen molar-refractivity contribution in [1.82, 2.24) is 0 Å². The molecule has 3 nitrogen and oxygen atoms in total. The number of aliphatic carboxylic acids is 1. The van der Waals surface area contributed by atoms with Gasteiger partial charge < -0.3 is 10.8 Å². The van der Waals surface area contributed by atoms with E-state index < -0.39 is 11.4 Å². The van der Waals surface area contributed by atoms with Crippen LogP contribution in [0.15, 0.2) is 29.2 Å². The van der Waals surface area contributed by atoms with Crippen molar-refractivity contribution in [3.05, 3.63) is 29.8 Å². The number of nitrogens with two attached hydrogens (primary N) is 1. The van der Waals surface area contributed by atoms with Crippen LogP contribution < -0.4 is 5.73 Å². The molecule has 1 rings (SSSR count). The Morgan fingerprint density at radius 2 is 2.00 bits per heavy atom. The molecular weight excluding hydrogens is 222 g/mol. The first-order chi connectivity index (χ1) is 7.51. The van der Waals surface area contributed by atoms with Crippen molar-refractivity contribution in [2.75, 3.05) is 12.8 Å². The number of hydrogen-bond acceptors (Lipinski definition) is 3. The smallest absolute Gasteiger partial charge is 0.304 e. The van der Waals surface area contributed by atoms with E-state index in [0.717, 1.165) is 5.56 Å². The van der Waals surface area contributed by atoms with Crippen LogP contribution in [0.1, 0.15) is 18.9 Å². The fourth-order valence-corrected chi connectivity index (χ4v) is 2.03. The molecule has 3 N–H and O–H groups in total. The quantitative estimate of drug-likeness (QED) is 0.772. The van der Waals surface area contributed by atoms with E-state index in [0.29, 0.717) is 6.54 Å². The highest BCUT2D eigenvalue weighted by Gasteiger charge is 2.27. The number of carboxylic acids is 1. The summed E-state index contributed by atoms with van der Waals surface area (Å²) in [6.45, 7) is 2.22. The second kappa shape index (κ2) is 5.37. The Morgan fingerprint density at radius 1 is 1.44 bits per heavy atom. The van der Waals surface area contributed by atoms with Crippen molar-refractivity contribution in [1.29, 1.82) is 0 Å². The first-order valence-electron chi connectivity index (χ1n) is 5.08. The molecule has 0 amide bonds. The lowest BCUT2D eigenvalue weighted by Gasteiger charge is -2.26. The Hall–Kier alpha value is -1.00. The molecule has 0 saturated carbocycles. The summed E-state index contributed by atoms with van der Waals surface area (Å²) in [4.78, 5) is 12.0. The van der Waals surface area contributed by atoms with Crippen LogP contribution in [-0.2, 0) is 10.2 Å². The van der Waals surface area contributed by atoms with Crippen LogP contribution in [-0.4, -0.2) is 23.9 Å². The van der Waals surface area contributed by atoms with Gasteiger partial charge in [0.1, 0.15) is 0 Å². The molecule has 0 aliphatic heterocycles. The number of thioether (sulfide) groups is 1. The van der Waals surface area contributed by atoms with Crippen molar-refractivity contribution in [3.63, 3.8) is 0 Å². The standard InChI is InChI=1S/C12H17NO2S/c1-12(8-13,7-11(14)15)9-3-5-10(16-2)6-4-9/h3-6H,7-8,13H2,1-2H3,(H,14,15). The molecule has 0 aliphatic carbocycles. The largest absolute Gasteiger partial charge is 0.481 e. The fourth-order valence-electron chi connectivity index (χ4n) is 1.62. The molecule has 4 heteroatoms. The van der Waals surface area contributed by atoms with Crippen molar-refractivity contribution in [2.45, 2.75) is 23.7 Å². The summed E-state index contributed by atoms with van der Waals surface area (Å²) in [6.07, 6.45) is 2.07. The van der Waals surface area contributed by atoms with Crippen LogP contribution in [0.4, 0.5) is 0 Å². The van der Waals surface area contributed by atoms with Gasteiger partial charge in [-0.1, -0.05) is 19.1 Å². The minimum atomic E-state index is -0.818. The van der Waals surface area contributed by atoms with Crippen molar-refractivity contribution in [2.24, 2.45) is 5.73 Å². The van der Waals surface area contributed by atoms with Gasteiger partial charge in [0.25, 0.3) is 0 Å². The lowest BCUT2D eigenvalue weighted by atomic mass is 9.80. The predicted molar refractivity (Wildman–Crippen MR) is 66.9 cm³/mol.